The van der Waals surface area contributed by atoms with Crippen LogP contribution >= 0.6 is 15.9 Å². The smallest absolute Gasteiger partial charge is 0.292 e. The van der Waals surface area contributed by atoms with Gasteiger partial charge in [-0.1, -0.05) is 15.9 Å². The first-order chi connectivity index (χ1) is 8.16. The molecule has 1 atom stereocenters. The molecular formula is C11H13BrN2O3. The Hall–Kier alpha value is -1.14. The summed E-state index contributed by atoms with van der Waals surface area (Å²) in [7, 11) is 0. The molecule has 0 spiro atoms. The Morgan fingerprint density at radius 3 is 3.00 bits per heavy atom. The summed E-state index contributed by atoms with van der Waals surface area (Å²) in [6.45, 7) is 1.38. The van der Waals surface area contributed by atoms with E-state index in [1.165, 1.54) is 6.07 Å². The van der Waals surface area contributed by atoms with Crippen LogP contribution in [0.5, 0.6) is 0 Å². The van der Waals surface area contributed by atoms with Crippen molar-refractivity contribution >= 4 is 27.3 Å². The first-order valence-electron chi connectivity index (χ1n) is 5.45. The van der Waals surface area contributed by atoms with Crippen LogP contribution in [0.15, 0.2) is 22.7 Å². The molecule has 0 aliphatic carbocycles. The summed E-state index contributed by atoms with van der Waals surface area (Å²) in [6.07, 6.45) is 1.96. The highest BCUT2D eigenvalue weighted by Gasteiger charge is 2.19. The molecule has 0 aromatic heterocycles. The fourth-order valence-electron chi connectivity index (χ4n) is 1.86. The van der Waals surface area contributed by atoms with Gasteiger partial charge < -0.3 is 10.1 Å². The Bertz CT molecular complexity index is 419. The van der Waals surface area contributed by atoms with Gasteiger partial charge in [-0.3, -0.25) is 10.1 Å². The zero-order valence-corrected chi connectivity index (χ0v) is 10.8. The van der Waals surface area contributed by atoms with Gasteiger partial charge in [0.25, 0.3) is 5.69 Å². The second-order valence-corrected chi connectivity index (χ2v) is 4.89. The number of nitrogens with zero attached hydrogens (tertiary/aromatic N) is 1. The van der Waals surface area contributed by atoms with Crippen molar-refractivity contribution in [3.63, 3.8) is 0 Å². The Morgan fingerprint density at radius 2 is 2.35 bits per heavy atom. The van der Waals surface area contributed by atoms with Gasteiger partial charge in [-0.25, -0.2) is 0 Å². The van der Waals surface area contributed by atoms with Crippen LogP contribution in [-0.2, 0) is 4.74 Å². The summed E-state index contributed by atoms with van der Waals surface area (Å²) in [5.74, 6) is 0. The lowest BCUT2D eigenvalue weighted by Gasteiger charge is -2.24. The first kappa shape index (κ1) is 12.3. The molecule has 92 valence electrons. The van der Waals surface area contributed by atoms with Crippen molar-refractivity contribution in [3.05, 3.63) is 32.8 Å². The number of benzene rings is 1. The summed E-state index contributed by atoms with van der Waals surface area (Å²) in [5, 5.41) is 14.1. The van der Waals surface area contributed by atoms with Crippen molar-refractivity contribution in [2.45, 2.75) is 18.9 Å². The van der Waals surface area contributed by atoms with E-state index < -0.39 is 0 Å². The van der Waals surface area contributed by atoms with E-state index in [0.29, 0.717) is 12.3 Å². The predicted molar refractivity (Wildman–Crippen MR) is 68.3 cm³/mol. The number of nitro benzene ring substituents is 1. The predicted octanol–water partition coefficient (Wildman–Crippen LogP) is 2.95. The minimum atomic E-state index is -0.377. The zero-order chi connectivity index (χ0) is 12.3. The highest BCUT2D eigenvalue weighted by Crippen LogP contribution is 2.29. The first-order valence-corrected chi connectivity index (χ1v) is 6.24. The van der Waals surface area contributed by atoms with Gasteiger partial charge in [-0.15, -0.1) is 0 Å². The Balaban J connectivity index is 2.17. The molecule has 1 aromatic rings. The van der Waals surface area contributed by atoms with Crippen molar-refractivity contribution in [1.29, 1.82) is 0 Å². The molecule has 1 heterocycles. The number of ether oxygens (including phenoxy) is 1. The fraction of sp³-hybridized carbons (Fsp3) is 0.455. The average Bonchev–Trinajstić information content (AvgIpc) is 2.30. The maximum atomic E-state index is 10.9. The quantitative estimate of drug-likeness (QED) is 0.688. The molecule has 0 saturated carbocycles. The third-order valence-corrected chi connectivity index (χ3v) is 3.17. The van der Waals surface area contributed by atoms with Crippen molar-refractivity contribution in [2.75, 3.05) is 18.5 Å². The topological polar surface area (TPSA) is 64.4 Å². The van der Waals surface area contributed by atoms with Crippen LogP contribution in [-0.4, -0.2) is 24.2 Å². The molecule has 1 aliphatic rings. The number of hydrogen-bond acceptors (Lipinski definition) is 4. The molecule has 0 radical (unpaired) electrons. The monoisotopic (exact) mass is 300 g/mol. The molecule has 1 N–H and O–H groups in total. The SMILES string of the molecule is O=[N+]([O-])c1ccc(Br)cc1NC1CCCOC1. The standard InChI is InChI=1S/C11H13BrN2O3/c12-8-3-4-11(14(15)16)10(6-8)13-9-2-1-5-17-7-9/h3-4,6,9,13H,1-2,5,7H2. The molecule has 1 aromatic carbocycles. The van der Waals surface area contributed by atoms with Crippen molar-refractivity contribution in [3.8, 4) is 0 Å². The van der Waals surface area contributed by atoms with Gasteiger partial charge in [0.15, 0.2) is 0 Å². The van der Waals surface area contributed by atoms with Crippen LogP contribution in [0.2, 0.25) is 0 Å². The normalized spacial score (nSPS) is 19.9. The van der Waals surface area contributed by atoms with Gasteiger partial charge in [-0.05, 0) is 25.0 Å². The third-order valence-electron chi connectivity index (χ3n) is 2.68. The number of halogens is 1. The Morgan fingerprint density at radius 1 is 1.53 bits per heavy atom. The molecule has 6 heteroatoms. The van der Waals surface area contributed by atoms with E-state index in [2.05, 4.69) is 21.2 Å². The Labute approximate surface area is 107 Å². The number of nitro groups is 1. The largest absolute Gasteiger partial charge is 0.379 e. The highest BCUT2D eigenvalue weighted by molar-refractivity contribution is 9.10. The van der Waals surface area contributed by atoms with E-state index in [1.807, 2.05) is 0 Å². The lowest BCUT2D eigenvalue weighted by Crippen LogP contribution is -2.30. The van der Waals surface area contributed by atoms with Gasteiger partial charge in [-0.2, -0.15) is 0 Å². The van der Waals surface area contributed by atoms with Crippen molar-refractivity contribution in [2.24, 2.45) is 0 Å². The van der Waals surface area contributed by atoms with Crippen LogP contribution in [0.4, 0.5) is 11.4 Å². The molecule has 1 fully saturated rings. The van der Waals surface area contributed by atoms with Crippen LogP contribution in [0, 0.1) is 10.1 Å². The maximum Gasteiger partial charge on any atom is 0.292 e. The number of anilines is 1. The number of nitrogens with one attached hydrogen (secondary N) is 1. The summed E-state index contributed by atoms with van der Waals surface area (Å²) < 4.78 is 6.16. The number of rotatable bonds is 3. The molecule has 0 amide bonds. The highest BCUT2D eigenvalue weighted by atomic mass is 79.9. The molecule has 1 unspecified atom stereocenters. The fourth-order valence-corrected chi connectivity index (χ4v) is 2.22. The second kappa shape index (κ2) is 5.46. The Kier molecular flexibility index (Phi) is 3.96. The molecular weight excluding hydrogens is 288 g/mol. The second-order valence-electron chi connectivity index (χ2n) is 3.98. The molecule has 1 aliphatic heterocycles. The van der Waals surface area contributed by atoms with E-state index in [1.54, 1.807) is 12.1 Å². The van der Waals surface area contributed by atoms with Crippen molar-refractivity contribution in [1.82, 2.24) is 0 Å². The maximum absolute atomic E-state index is 10.9. The molecule has 5 nitrogen and oxygen atoms in total. The zero-order valence-electron chi connectivity index (χ0n) is 9.19. The summed E-state index contributed by atoms with van der Waals surface area (Å²) in [6, 6.07) is 5.04. The minimum absolute atomic E-state index is 0.0961. The minimum Gasteiger partial charge on any atom is -0.379 e. The lowest BCUT2D eigenvalue weighted by atomic mass is 10.1. The lowest BCUT2D eigenvalue weighted by molar-refractivity contribution is -0.384. The molecule has 17 heavy (non-hydrogen) atoms. The van der Waals surface area contributed by atoms with Gasteiger partial charge in [0.05, 0.1) is 11.5 Å². The summed E-state index contributed by atoms with van der Waals surface area (Å²) in [4.78, 5) is 10.5. The molecule has 2 rings (SSSR count). The third kappa shape index (κ3) is 3.17. The van der Waals surface area contributed by atoms with Gasteiger partial charge in [0.2, 0.25) is 0 Å². The molecule has 0 bridgehead atoms. The van der Waals surface area contributed by atoms with Crippen LogP contribution in [0.3, 0.4) is 0 Å². The summed E-state index contributed by atoms with van der Waals surface area (Å²) in [5.41, 5.74) is 0.638. The van der Waals surface area contributed by atoms with E-state index >= 15 is 0 Å². The average molecular weight is 301 g/mol. The summed E-state index contributed by atoms with van der Waals surface area (Å²) >= 11 is 3.32. The van der Waals surface area contributed by atoms with Crippen molar-refractivity contribution < 1.29 is 9.66 Å². The van der Waals surface area contributed by atoms with Gasteiger partial charge in [0.1, 0.15) is 5.69 Å². The molecule has 1 saturated heterocycles. The van der Waals surface area contributed by atoms with E-state index in [0.717, 1.165) is 23.9 Å². The van der Waals surface area contributed by atoms with Crippen LogP contribution in [0.1, 0.15) is 12.8 Å². The number of hydrogen-bond donors (Lipinski definition) is 1. The van der Waals surface area contributed by atoms with Gasteiger partial charge in [0, 0.05) is 23.2 Å². The van der Waals surface area contributed by atoms with E-state index in [-0.39, 0.29) is 16.7 Å². The van der Waals surface area contributed by atoms with Crippen LogP contribution < -0.4 is 5.32 Å². The van der Waals surface area contributed by atoms with Gasteiger partial charge >= 0.3 is 0 Å². The van der Waals surface area contributed by atoms with Crippen LogP contribution in [0.25, 0.3) is 0 Å². The van der Waals surface area contributed by atoms with E-state index in [9.17, 15) is 10.1 Å². The van der Waals surface area contributed by atoms with E-state index in [4.69, 9.17) is 4.74 Å².